The van der Waals surface area contributed by atoms with Gasteiger partial charge in [0.25, 0.3) is 0 Å². The smallest absolute Gasteiger partial charge is 0.0179 e. The molecule has 0 aromatic carbocycles. The molecule has 2 heteroatoms. The van der Waals surface area contributed by atoms with Crippen molar-refractivity contribution in [2.24, 2.45) is 5.92 Å². The molecule has 82 valence electrons. The van der Waals surface area contributed by atoms with Gasteiger partial charge in [0.05, 0.1) is 0 Å². The van der Waals surface area contributed by atoms with E-state index in [0.29, 0.717) is 5.54 Å². The van der Waals surface area contributed by atoms with Crippen molar-refractivity contribution in [3.63, 3.8) is 0 Å². The highest BCUT2D eigenvalue weighted by Crippen LogP contribution is 2.30. The van der Waals surface area contributed by atoms with Crippen LogP contribution < -0.4 is 10.6 Å². The van der Waals surface area contributed by atoms with Gasteiger partial charge in [0.1, 0.15) is 0 Å². The summed E-state index contributed by atoms with van der Waals surface area (Å²) in [6.07, 6.45) is 8.33. The molecule has 2 nitrogen and oxygen atoms in total. The fourth-order valence-electron chi connectivity index (χ4n) is 3.00. The van der Waals surface area contributed by atoms with E-state index in [0.717, 1.165) is 5.92 Å². The quantitative estimate of drug-likeness (QED) is 0.717. The van der Waals surface area contributed by atoms with E-state index < -0.39 is 0 Å². The molecule has 2 saturated heterocycles. The summed E-state index contributed by atoms with van der Waals surface area (Å²) in [6.45, 7) is 6.10. The van der Waals surface area contributed by atoms with E-state index in [2.05, 4.69) is 17.6 Å². The Morgan fingerprint density at radius 3 is 2.86 bits per heavy atom. The monoisotopic (exact) mass is 196 g/mol. The van der Waals surface area contributed by atoms with Crippen molar-refractivity contribution >= 4 is 0 Å². The van der Waals surface area contributed by atoms with Gasteiger partial charge < -0.3 is 10.6 Å². The number of hydrogen-bond donors (Lipinski definition) is 2. The fraction of sp³-hybridized carbons (Fsp3) is 1.00. The van der Waals surface area contributed by atoms with Crippen molar-refractivity contribution in [2.75, 3.05) is 19.6 Å². The van der Waals surface area contributed by atoms with Gasteiger partial charge in [-0.1, -0.05) is 6.92 Å². The molecule has 2 unspecified atom stereocenters. The van der Waals surface area contributed by atoms with Gasteiger partial charge in [-0.2, -0.15) is 0 Å². The average molecular weight is 196 g/mol. The van der Waals surface area contributed by atoms with Crippen LogP contribution in [-0.4, -0.2) is 25.2 Å². The summed E-state index contributed by atoms with van der Waals surface area (Å²) in [5.41, 5.74) is 0.516. The van der Waals surface area contributed by atoms with E-state index in [1.807, 2.05) is 0 Å². The summed E-state index contributed by atoms with van der Waals surface area (Å²) >= 11 is 0. The molecule has 0 amide bonds. The van der Waals surface area contributed by atoms with Crippen LogP contribution in [0.3, 0.4) is 0 Å². The highest BCUT2D eigenvalue weighted by molar-refractivity contribution is 4.92. The van der Waals surface area contributed by atoms with Crippen LogP contribution in [0.2, 0.25) is 0 Å². The number of rotatable bonds is 4. The Hall–Kier alpha value is -0.0800. The second-order valence-electron chi connectivity index (χ2n) is 5.06. The summed E-state index contributed by atoms with van der Waals surface area (Å²) in [6, 6.07) is 0. The topological polar surface area (TPSA) is 24.1 Å². The van der Waals surface area contributed by atoms with Gasteiger partial charge in [0.2, 0.25) is 0 Å². The van der Waals surface area contributed by atoms with Gasteiger partial charge >= 0.3 is 0 Å². The Morgan fingerprint density at radius 2 is 2.29 bits per heavy atom. The lowest BCUT2D eigenvalue weighted by molar-refractivity contribution is 0.303. The minimum atomic E-state index is 0.516. The maximum Gasteiger partial charge on any atom is 0.0179 e. The Morgan fingerprint density at radius 1 is 1.36 bits per heavy atom. The molecule has 0 spiro atoms. The maximum atomic E-state index is 3.72. The molecular weight excluding hydrogens is 172 g/mol. The SMILES string of the molecule is CCC1(CCC2CCNC2)CCCN1. The first-order valence-corrected chi connectivity index (χ1v) is 6.30. The Labute approximate surface area is 87.8 Å². The van der Waals surface area contributed by atoms with Gasteiger partial charge in [-0.3, -0.25) is 0 Å². The van der Waals surface area contributed by atoms with E-state index in [9.17, 15) is 0 Å². The predicted octanol–water partition coefficient (Wildman–Crippen LogP) is 1.91. The molecule has 2 N–H and O–H groups in total. The van der Waals surface area contributed by atoms with Gasteiger partial charge in [-0.05, 0) is 64.1 Å². The third-order valence-electron chi connectivity index (χ3n) is 4.20. The largest absolute Gasteiger partial charge is 0.316 e. The van der Waals surface area contributed by atoms with E-state index in [-0.39, 0.29) is 0 Å². The summed E-state index contributed by atoms with van der Waals surface area (Å²) in [7, 11) is 0. The third-order valence-corrected chi connectivity index (χ3v) is 4.20. The van der Waals surface area contributed by atoms with E-state index >= 15 is 0 Å². The minimum Gasteiger partial charge on any atom is -0.316 e. The average Bonchev–Trinajstić information content (AvgIpc) is 2.87. The second-order valence-corrected chi connectivity index (χ2v) is 5.06. The van der Waals surface area contributed by atoms with Gasteiger partial charge in [-0.25, -0.2) is 0 Å². The standard InChI is InChI=1S/C12H24N2/c1-2-12(6-3-8-14-12)7-4-11-5-9-13-10-11/h11,13-14H,2-10H2,1H3. The molecule has 2 heterocycles. The van der Waals surface area contributed by atoms with Gasteiger partial charge in [-0.15, -0.1) is 0 Å². The van der Waals surface area contributed by atoms with Crippen LogP contribution in [0.4, 0.5) is 0 Å². The van der Waals surface area contributed by atoms with Gasteiger partial charge in [0.15, 0.2) is 0 Å². The second kappa shape index (κ2) is 4.63. The normalized spacial score (nSPS) is 37.9. The molecule has 0 bridgehead atoms. The van der Waals surface area contributed by atoms with Crippen LogP contribution >= 0.6 is 0 Å². The molecule has 2 aliphatic rings. The molecule has 2 fully saturated rings. The predicted molar refractivity (Wildman–Crippen MR) is 60.5 cm³/mol. The highest BCUT2D eigenvalue weighted by atomic mass is 15.0. The molecule has 14 heavy (non-hydrogen) atoms. The molecule has 0 aliphatic carbocycles. The van der Waals surface area contributed by atoms with Crippen LogP contribution in [-0.2, 0) is 0 Å². The third kappa shape index (κ3) is 2.29. The summed E-state index contributed by atoms with van der Waals surface area (Å²) < 4.78 is 0. The lowest BCUT2D eigenvalue weighted by Crippen LogP contribution is -2.39. The van der Waals surface area contributed by atoms with Crippen molar-refractivity contribution in [3.05, 3.63) is 0 Å². The lowest BCUT2D eigenvalue weighted by atomic mass is 9.85. The van der Waals surface area contributed by atoms with E-state index in [1.54, 1.807) is 0 Å². The summed E-state index contributed by atoms with van der Waals surface area (Å²) in [5, 5.41) is 7.18. The van der Waals surface area contributed by atoms with Crippen molar-refractivity contribution < 1.29 is 0 Å². The zero-order valence-electron chi connectivity index (χ0n) is 9.44. The molecule has 2 rings (SSSR count). The Bertz CT molecular complexity index is 167. The molecule has 0 aromatic rings. The first kappa shape index (κ1) is 10.4. The van der Waals surface area contributed by atoms with Crippen LogP contribution in [0.1, 0.15) is 45.4 Å². The van der Waals surface area contributed by atoms with Crippen molar-refractivity contribution in [1.82, 2.24) is 10.6 Å². The molecule has 2 atom stereocenters. The summed E-state index contributed by atoms with van der Waals surface area (Å²) in [4.78, 5) is 0. The molecule has 2 aliphatic heterocycles. The first-order valence-electron chi connectivity index (χ1n) is 6.30. The molecule has 0 saturated carbocycles. The maximum absolute atomic E-state index is 3.72. The zero-order valence-corrected chi connectivity index (χ0v) is 9.44. The summed E-state index contributed by atoms with van der Waals surface area (Å²) in [5.74, 6) is 0.959. The zero-order chi connectivity index (χ0) is 9.86. The van der Waals surface area contributed by atoms with Gasteiger partial charge in [0, 0.05) is 5.54 Å². The minimum absolute atomic E-state index is 0.516. The Kier molecular flexibility index (Phi) is 3.45. The van der Waals surface area contributed by atoms with E-state index in [4.69, 9.17) is 0 Å². The molecular formula is C12H24N2. The van der Waals surface area contributed by atoms with Crippen LogP contribution in [0, 0.1) is 5.92 Å². The first-order chi connectivity index (χ1) is 6.85. The Balaban J connectivity index is 1.76. The van der Waals surface area contributed by atoms with E-state index in [1.165, 1.54) is 58.2 Å². The highest BCUT2D eigenvalue weighted by Gasteiger charge is 2.31. The molecule has 0 radical (unpaired) electrons. The van der Waals surface area contributed by atoms with Crippen LogP contribution in [0.25, 0.3) is 0 Å². The van der Waals surface area contributed by atoms with Crippen molar-refractivity contribution in [1.29, 1.82) is 0 Å². The lowest BCUT2D eigenvalue weighted by Gasteiger charge is -2.29. The van der Waals surface area contributed by atoms with Crippen LogP contribution in [0.15, 0.2) is 0 Å². The molecule has 0 aromatic heterocycles. The van der Waals surface area contributed by atoms with Crippen LogP contribution in [0.5, 0.6) is 0 Å². The van der Waals surface area contributed by atoms with Crippen molar-refractivity contribution in [2.45, 2.75) is 51.0 Å². The number of nitrogens with one attached hydrogen (secondary N) is 2. The van der Waals surface area contributed by atoms with Crippen molar-refractivity contribution in [3.8, 4) is 0 Å². The number of hydrogen-bond acceptors (Lipinski definition) is 2. The fourth-order valence-corrected chi connectivity index (χ4v) is 3.00.